The van der Waals surface area contributed by atoms with Crippen LogP contribution in [0.3, 0.4) is 0 Å². The topological polar surface area (TPSA) is 84.9 Å². The smallest absolute Gasteiger partial charge is 0.147 e. The van der Waals surface area contributed by atoms with Crippen molar-refractivity contribution in [3.8, 4) is 17.1 Å². The molecule has 124 valence electrons. The van der Waals surface area contributed by atoms with Crippen molar-refractivity contribution in [1.82, 2.24) is 15.2 Å². The fourth-order valence-electron chi connectivity index (χ4n) is 3.04. The number of rotatable bonds is 5. The summed E-state index contributed by atoms with van der Waals surface area (Å²) in [6.45, 7) is 0. The third-order valence-electron chi connectivity index (χ3n) is 4.15. The molecule has 2 heterocycles. The SMILES string of the molecule is CS(=O)(=O)CC1CCC(Oc2ccc(-c3ccn[nH]3)nc2)CC1. The Morgan fingerprint density at radius 3 is 2.57 bits per heavy atom. The molecule has 23 heavy (non-hydrogen) atoms. The van der Waals surface area contributed by atoms with Gasteiger partial charge in [0.1, 0.15) is 15.6 Å². The lowest BCUT2D eigenvalue weighted by molar-refractivity contribution is 0.135. The van der Waals surface area contributed by atoms with Gasteiger partial charge in [0, 0.05) is 12.5 Å². The Bertz CT molecular complexity index is 718. The number of ether oxygens (including phenoxy) is 1. The first-order valence-corrected chi connectivity index (χ1v) is 9.86. The van der Waals surface area contributed by atoms with Crippen molar-refractivity contribution in [1.29, 1.82) is 0 Å². The molecule has 0 amide bonds. The molecule has 0 spiro atoms. The second-order valence-corrected chi connectivity index (χ2v) is 8.39. The Hall–Kier alpha value is -1.89. The number of sulfone groups is 1. The normalized spacial score (nSPS) is 22.0. The summed E-state index contributed by atoms with van der Waals surface area (Å²) in [6, 6.07) is 5.68. The average Bonchev–Trinajstić information content (AvgIpc) is 3.03. The first kappa shape index (κ1) is 16.0. The van der Waals surface area contributed by atoms with Crippen LogP contribution in [0.25, 0.3) is 11.4 Å². The molecule has 0 unspecified atom stereocenters. The van der Waals surface area contributed by atoms with Crippen molar-refractivity contribution in [2.24, 2.45) is 5.92 Å². The molecule has 0 aromatic carbocycles. The van der Waals surface area contributed by atoms with Gasteiger partial charge in [-0.1, -0.05) is 0 Å². The highest BCUT2D eigenvalue weighted by Gasteiger charge is 2.25. The maximum absolute atomic E-state index is 11.4. The van der Waals surface area contributed by atoms with Crippen LogP contribution in [0.15, 0.2) is 30.6 Å². The molecule has 3 rings (SSSR count). The van der Waals surface area contributed by atoms with E-state index in [1.54, 1.807) is 12.4 Å². The van der Waals surface area contributed by atoms with Gasteiger partial charge in [-0.2, -0.15) is 5.10 Å². The zero-order valence-electron chi connectivity index (χ0n) is 13.1. The monoisotopic (exact) mass is 335 g/mol. The van der Waals surface area contributed by atoms with Gasteiger partial charge in [0.05, 0.1) is 29.4 Å². The van der Waals surface area contributed by atoms with Crippen LogP contribution < -0.4 is 4.74 Å². The highest BCUT2D eigenvalue weighted by Crippen LogP contribution is 2.28. The molecule has 7 heteroatoms. The van der Waals surface area contributed by atoms with Gasteiger partial charge in [0.15, 0.2) is 0 Å². The van der Waals surface area contributed by atoms with Crippen LogP contribution in [0.4, 0.5) is 0 Å². The summed E-state index contributed by atoms with van der Waals surface area (Å²) < 4.78 is 28.7. The summed E-state index contributed by atoms with van der Waals surface area (Å²) in [5.41, 5.74) is 1.70. The van der Waals surface area contributed by atoms with Crippen LogP contribution in [0.2, 0.25) is 0 Å². The van der Waals surface area contributed by atoms with E-state index >= 15 is 0 Å². The molecule has 2 aromatic rings. The number of hydrogen-bond acceptors (Lipinski definition) is 5. The van der Waals surface area contributed by atoms with Gasteiger partial charge in [-0.25, -0.2) is 8.42 Å². The second kappa shape index (κ2) is 6.70. The van der Waals surface area contributed by atoms with Gasteiger partial charge in [-0.05, 0) is 49.8 Å². The predicted molar refractivity (Wildman–Crippen MR) is 87.9 cm³/mol. The van der Waals surface area contributed by atoms with E-state index < -0.39 is 9.84 Å². The molecule has 1 saturated carbocycles. The van der Waals surface area contributed by atoms with Gasteiger partial charge in [0.25, 0.3) is 0 Å². The largest absolute Gasteiger partial charge is 0.489 e. The number of aromatic nitrogens is 3. The van der Waals surface area contributed by atoms with Gasteiger partial charge in [-0.3, -0.25) is 10.1 Å². The molecular formula is C16H21N3O3S. The number of pyridine rings is 1. The first-order valence-electron chi connectivity index (χ1n) is 7.80. The fourth-order valence-corrected chi connectivity index (χ4v) is 4.23. The van der Waals surface area contributed by atoms with Gasteiger partial charge in [0.2, 0.25) is 0 Å². The summed E-state index contributed by atoms with van der Waals surface area (Å²) in [4.78, 5) is 4.37. The minimum atomic E-state index is -2.89. The summed E-state index contributed by atoms with van der Waals surface area (Å²) in [7, 11) is -2.89. The van der Waals surface area contributed by atoms with Crippen molar-refractivity contribution in [2.45, 2.75) is 31.8 Å². The second-order valence-electron chi connectivity index (χ2n) is 6.20. The van der Waals surface area contributed by atoms with Crippen LogP contribution in [-0.2, 0) is 9.84 Å². The minimum absolute atomic E-state index is 0.144. The van der Waals surface area contributed by atoms with Crippen molar-refractivity contribution in [2.75, 3.05) is 12.0 Å². The Balaban J connectivity index is 1.53. The molecule has 0 atom stereocenters. The van der Waals surface area contributed by atoms with Gasteiger partial charge in [-0.15, -0.1) is 0 Å². The maximum atomic E-state index is 11.4. The van der Waals surface area contributed by atoms with E-state index in [0.29, 0.717) is 5.75 Å². The van der Waals surface area contributed by atoms with Crippen LogP contribution in [-0.4, -0.2) is 41.7 Å². The van der Waals surface area contributed by atoms with Crippen LogP contribution in [0.5, 0.6) is 5.75 Å². The number of aromatic amines is 1. The van der Waals surface area contributed by atoms with E-state index in [0.717, 1.165) is 42.8 Å². The van der Waals surface area contributed by atoms with Gasteiger partial charge < -0.3 is 4.74 Å². The highest BCUT2D eigenvalue weighted by atomic mass is 32.2. The Labute approximate surface area is 136 Å². The van der Waals surface area contributed by atoms with E-state index in [9.17, 15) is 8.42 Å². The zero-order chi connectivity index (χ0) is 16.3. The molecule has 0 aliphatic heterocycles. The molecule has 2 aromatic heterocycles. The summed E-state index contributed by atoms with van der Waals surface area (Å²) >= 11 is 0. The lowest BCUT2D eigenvalue weighted by atomic mass is 9.89. The van der Waals surface area contributed by atoms with E-state index in [1.807, 2.05) is 18.2 Å². The van der Waals surface area contributed by atoms with Crippen molar-refractivity contribution in [3.63, 3.8) is 0 Å². The molecule has 6 nitrogen and oxygen atoms in total. The molecule has 1 aliphatic carbocycles. The number of nitrogens with one attached hydrogen (secondary N) is 1. The van der Waals surface area contributed by atoms with E-state index in [1.165, 1.54) is 6.26 Å². The van der Waals surface area contributed by atoms with E-state index in [-0.39, 0.29) is 12.0 Å². The van der Waals surface area contributed by atoms with Crippen LogP contribution >= 0.6 is 0 Å². The molecule has 1 aliphatic rings. The number of nitrogens with zero attached hydrogens (tertiary/aromatic N) is 2. The third-order valence-corrected chi connectivity index (χ3v) is 5.22. The standard InChI is InChI=1S/C16H21N3O3S/c1-23(20,21)11-12-2-4-13(5-3-12)22-14-6-7-15(17-10-14)16-8-9-18-19-16/h6-10,12-13H,2-5,11H2,1H3,(H,18,19). The molecule has 1 fully saturated rings. The summed E-state index contributed by atoms with van der Waals surface area (Å²) in [5, 5.41) is 6.78. The number of hydrogen-bond donors (Lipinski definition) is 1. The highest BCUT2D eigenvalue weighted by molar-refractivity contribution is 7.90. The fraction of sp³-hybridized carbons (Fsp3) is 0.500. The first-order chi connectivity index (χ1) is 11.0. The lowest BCUT2D eigenvalue weighted by Gasteiger charge is -2.28. The average molecular weight is 335 g/mol. The molecule has 0 saturated heterocycles. The minimum Gasteiger partial charge on any atom is -0.489 e. The summed E-state index contributed by atoms with van der Waals surface area (Å²) in [5.74, 6) is 1.31. The van der Waals surface area contributed by atoms with Crippen molar-refractivity contribution >= 4 is 9.84 Å². The third kappa shape index (κ3) is 4.54. The van der Waals surface area contributed by atoms with E-state index in [2.05, 4.69) is 15.2 Å². The molecule has 0 bridgehead atoms. The van der Waals surface area contributed by atoms with Crippen LogP contribution in [0.1, 0.15) is 25.7 Å². The van der Waals surface area contributed by atoms with Crippen molar-refractivity contribution < 1.29 is 13.2 Å². The Morgan fingerprint density at radius 1 is 1.22 bits per heavy atom. The number of H-pyrrole nitrogens is 1. The lowest BCUT2D eigenvalue weighted by Crippen LogP contribution is -2.27. The summed E-state index contributed by atoms with van der Waals surface area (Å²) in [6.07, 6.45) is 8.45. The predicted octanol–water partition coefficient (Wildman–Crippen LogP) is 2.45. The maximum Gasteiger partial charge on any atom is 0.147 e. The molecule has 1 N–H and O–H groups in total. The molecular weight excluding hydrogens is 314 g/mol. The Morgan fingerprint density at radius 2 is 2.00 bits per heavy atom. The molecule has 0 radical (unpaired) electrons. The van der Waals surface area contributed by atoms with Gasteiger partial charge >= 0.3 is 0 Å². The van der Waals surface area contributed by atoms with E-state index in [4.69, 9.17) is 4.74 Å². The quantitative estimate of drug-likeness (QED) is 0.907. The van der Waals surface area contributed by atoms with Crippen molar-refractivity contribution in [3.05, 3.63) is 30.6 Å². The zero-order valence-corrected chi connectivity index (χ0v) is 13.9. The van der Waals surface area contributed by atoms with Crippen LogP contribution in [0, 0.1) is 5.92 Å². The Kier molecular flexibility index (Phi) is 4.66.